The van der Waals surface area contributed by atoms with Gasteiger partial charge >= 0.3 is 5.97 Å². The summed E-state index contributed by atoms with van der Waals surface area (Å²) in [5, 5.41) is 23.6. The summed E-state index contributed by atoms with van der Waals surface area (Å²) in [6.45, 7) is 6.34. The molecule has 0 aliphatic heterocycles. The second kappa shape index (κ2) is 9.88. The van der Waals surface area contributed by atoms with Crippen LogP contribution in [-0.4, -0.2) is 35.0 Å². The lowest BCUT2D eigenvalue weighted by Crippen LogP contribution is -2.41. The molecule has 1 amide bonds. The van der Waals surface area contributed by atoms with Crippen LogP contribution in [0.1, 0.15) is 32.8 Å². The van der Waals surface area contributed by atoms with Gasteiger partial charge in [0.1, 0.15) is 17.7 Å². The normalized spacial score (nSPS) is 12.8. The molecule has 1 aromatic rings. The van der Waals surface area contributed by atoms with Crippen molar-refractivity contribution >= 4 is 29.3 Å². The molecule has 0 aliphatic carbocycles. The van der Waals surface area contributed by atoms with Gasteiger partial charge in [0.2, 0.25) is 0 Å². The molecule has 7 heteroatoms. The summed E-state index contributed by atoms with van der Waals surface area (Å²) in [5.74, 6) is -1.23. The number of rotatable bonds is 8. The Morgan fingerprint density at radius 3 is 2.38 bits per heavy atom. The van der Waals surface area contributed by atoms with E-state index in [1.165, 1.54) is 23.5 Å². The third-order valence-electron chi connectivity index (χ3n) is 3.71. The molecule has 3 N–H and O–H groups in total. The number of nitrogens with zero attached hydrogens (tertiary/aromatic N) is 1. The van der Waals surface area contributed by atoms with Crippen LogP contribution in [0.25, 0.3) is 0 Å². The number of nitriles is 1. The molecule has 1 atom stereocenters. The van der Waals surface area contributed by atoms with Crippen molar-refractivity contribution in [2.75, 3.05) is 17.3 Å². The SMILES string of the molecule is CSCCC(NC(=O)/C(C#N)=C\Nc1ccc(C(C)(C)C)cc1)C(=O)O. The topological polar surface area (TPSA) is 102 Å². The molecular formula is C19H25N3O3S. The smallest absolute Gasteiger partial charge is 0.326 e. The van der Waals surface area contributed by atoms with E-state index in [9.17, 15) is 14.9 Å². The monoisotopic (exact) mass is 375 g/mol. The summed E-state index contributed by atoms with van der Waals surface area (Å²) < 4.78 is 0. The van der Waals surface area contributed by atoms with Gasteiger partial charge in [-0.15, -0.1) is 0 Å². The van der Waals surface area contributed by atoms with Crippen molar-refractivity contribution in [1.82, 2.24) is 5.32 Å². The predicted octanol–water partition coefficient (Wildman–Crippen LogP) is 3.13. The molecule has 140 valence electrons. The summed E-state index contributed by atoms with van der Waals surface area (Å²) in [5.41, 5.74) is 1.76. The van der Waals surface area contributed by atoms with Gasteiger partial charge < -0.3 is 15.7 Å². The second-order valence-electron chi connectivity index (χ2n) is 6.79. The molecule has 0 saturated carbocycles. The number of carboxylic acid groups (broad SMARTS) is 1. The molecule has 0 spiro atoms. The van der Waals surface area contributed by atoms with Gasteiger partial charge in [0.15, 0.2) is 0 Å². The minimum Gasteiger partial charge on any atom is -0.480 e. The summed E-state index contributed by atoms with van der Waals surface area (Å²) >= 11 is 1.49. The van der Waals surface area contributed by atoms with Crippen molar-refractivity contribution in [3.8, 4) is 6.07 Å². The number of carbonyl (C=O) groups is 2. The van der Waals surface area contributed by atoms with E-state index < -0.39 is 17.9 Å². The van der Waals surface area contributed by atoms with Crippen molar-refractivity contribution in [1.29, 1.82) is 5.26 Å². The molecule has 0 bridgehead atoms. The molecular weight excluding hydrogens is 350 g/mol. The fourth-order valence-electron chi connectivity index (χ4n) is 2.10. The molecule has 1 unspecified atom stereocenters. The first kappa shape index (κ1) is 21.6. The van der Waals surface area contributed by atoms with Crippen LogP contribution < -0.4 is 10.6 Å². The van der Waals surface area contributed by atoms with E-state index >= 15 is 0 Å². The average Bonchev–Trinajstić information content (AvgIpc) is 2.58. The van der Waals surface area contributed by atoms with Gasteiger partial charge in [-0.2, -0.15) is 17.0 Å². The highest BCUT2D eigenvalue weighted by atomic mass is 32.2. The van der Waals surface area contributed by atoms with Crippen LogP contribution in [0, 0.1) is 11.3 Å². The minimum absolute atomic E-state index is 0.0364. The lowest BCUT2D eigenvalue weighted by Gasteiger charge is -2.19. The third-order valence-corrected chi connectivity index (χ3v) is 4.36. The molecule has 0 heterocycles. The van der Waals surface area contributed by atoms with Crippen molar-refractivity contribution in [3.63, 3.8) is 0 Å². The number of nitrogens with one attached hydrogen (secondary N) is 2. The molecule has 0 radical (unpaired) electrons. The van der Waals surface area contributed by atoms with Crippen LogP contribution in [-0.2, 0) is 15.0 Å². The zero-order chi connectivity index (χ0) is 19.7. The molecule has 6 nitrogen and oxygen atoms in total. The van der Waals surface area contributed by atoms with Gasteiger partial charge in [-0.25, -0.2) is 4.79 Å². The highest BCUT2D eigenvalue weighted by molar-refractivity contribution is 7.98. The van der Waals surface area contributed by atoms with E-state index in [-0.39, 0.29) is 11.0 Å². The molecule has 0 aromatic heterocycles. The number of hydrogen-bond donors (Lipinski definition) is 3. The zero-order valence-corrected chi connectivity index (χ0v) is 16.3. The maximum Gasteiger partial charge on any atom is 0.326 e. The summed E-state index contributed by atoms with van der Waals surface area (Å²) in [6, 6.07) is 8.46. The van der Waals surface area contributed by atoms with Crippen molar-refractivity contribution < 1.29 is 14.7 Å². The highest BCUT2D eigenvalue weighted by Gasteiger charge is 2.21. The largest absolute Gasteiger partial charge is 0.480 e. The Hall–Kier alpha value is -2.46. The van der Waals surface area contributed by atoms with Crippen LogP contribution in [0.3, 0.4) is 0 Å². The molecule has 0 fully saturated rings. The Bertz CT molecular complexity index is 700. The van der Waals surface area contributed by atoms with Crippen molar-refractivity contribution in [3.05, 3.63) is 41.6 Å². The first-order valence-electron chi connectivity index (χ1n) is 8.19. The molecule has 26 heavy (non-hydrogen) atoms. The van der Waals surface area contributed by atoms with E-state index in [2.05, 4.69) is 31.4 Å². The Balaban J connectivity index is 2.79. The number of benzene rings is 1. The first-order chi connectivity index (χ1) is 12.2. The van der Waals surface area contributed by atoms with Gasteiger partial charge in [0.05, 0.1) is 0 Å². The number of aliphatic carboxylic acids is 1. The molecule has 0 aliphatic rings. The van der Waals surface area contributed by atoms with E-state index in [0.717, 1.165) is 5.69 Å². The maximum atomic E-state index is 12.1. The van der Waals surface area contributed by atoms with Crippen LogP contribution in [0.15, 0.2) is 36.0 Å². The summed E-state index contributed by atoms with van der Waals surface area (Å²) in [7, 11) is 0. The van der Waals surface area contributed by atoms with Crippen molar-refractivity contribution in [2.45, 2.75) is 38.6 Å². The van der Waals surface area contributed by atoms with Crippen LogP contribution >= 0.6 is 11.8 Å². The summed E-state index contributed by atoms with van der Waals surface area (Å²) in [6.07, 6.45) is 3.44. The van der Waals surface area contributed by atoms with Crippen LogP contribution in [0.4, 0.5) is 5.69 Å². The number of anilines is 1. The predicted molar refractivity (Wildman–Crippen MR) is 105 cm³/mol. The molecule has 0 saturated heterocycles. The summed E-state index contributed by atoms with van der Waals surface area (Å²) in [4.78, 5) is 23.3. The first-order valence-corrected chi connectivity index (χ1v) is 9.58. The Labute approximate surface area is 158 Å². The molecule has 1 rings (SSSR count). The van der Waals surface area contributed by atoms with E-state index in [4.69, 9.17) is 5.11 Å². The zero-order valence-electron chi connectivity index (χ0n) is 15.5. The van der Waals surface area contributed by atoms with E-state index in [1.54, 1.807) is 6.07 Å². The second-order valence-corrected chi connectivity index (χ2v) is 7.77. The number of hydrogen-bond acceptors (Lipinski definition) is 5. The Morgan fingerprint density at radius 2 is 1.92 bits per heavy atom. The maximum absolute atomic E-state index is 12.1. The van der Waals surface area contributed by atoms with Gasteiger partial charge in [-0.3, -0.25) is 4.79 Å². The minimum atomic E-state index is -1.12. The van der Waals surface area contributed by atoms with Gasteiger partial charge in [0, 0.05) is 11.9 Å². The number of thioether (sulfide) groups is 1. The highest BCUT2D eigenvalue weighted by Crippen LogP contribution is 2.23. The average molecular weight is 375 g/mol. The van der Waals surface area contributed by atoms with Crippen LogP contribution in [0.2, 0.25) is 0 Å². The van der Waals surface area contributed by atoms with Gasteiger partial charge in [-0.1, -0.05) is 32.9 Å². The fraction of sp³-hybridized carbons (Fsp3) is 0.421. The lowest BCUT2D eigenvalue weighted by atomic mass is 9.87. The Kier molecular flexibility index (Phi) is 8.20. The number of amides is 1. The Morgan fingerprint density at radius 1 is 1.31 bits per heavy atom. The standard InChI is InChI=1S/C19H25N3O3S/c1-19(2,3)14-5-7-15(8-6-14)21-12-13(11-20)17(23)22-16(18(24)25)9-10-26-4/h5-8,12,16,21H,9-10H2,1-4H3,(H,22,23)(H,24,25)/b13-12-. The van der Waals surface area contributed by atoms with E-state index in [1.807, 2.05) is 30.5 Å². The van der Waals surface area contributed by atoms with Crippen LogP contribution in [0.5, 0.6) is 0 Å². The number of carbonyl (C=O) groups excluding carboxylic acids is 1. The van der Waals surface area contributed by atoms with Crippen molar-refractivity contribution in [2.24, 2.45) is 0 Å². The van der Waals surface area contributed by atoms with Gasteiger partial charge in [-0.05, 0) is 41.5 Å². The fourth-order valence-corrected chi connectivity index (χ4v) is 2.57. The quantitative estimate of drug-likeness (QED) is 0.476. The van der Waals surface area contributed by atoms with Gasteiger partial charge in [0.25, 0.3) is 5.91 Å². The number of carboxylic acids is 1. The molecule has 1 aromatic carbocycles. The van der Waals surface area contributed by atoms with E-state index in [0.29, 0.717) is 12.2 Å². The lowest BCUT2D eigenvalue weighted by molar-refractivity contribution is -0.141. The third kappa shape index (κ3) is 6.81.